The molecule has 0 spiro atoms. The molecule has 1 aromatic heterocycles. The summed E-state index contributed by atoms with van der Waals surface area (Å²) < 4.78 is 5.55. The van der Waals surface area contributed by atoms with Crippen molar-refractivity contribution in [2.75, 3.05) is 13.6 Å². The smallest absolute Gasteiger partial charge is 0.252 e. The van der Waals surface area contributed by atoms with Crippen molar-refractivity contribution >= 4 is 5.91 Å². The summed E-state index contributed by atoms with van der Waals surface area (Å²) in [5.41, 5.74) is 1.77. The van der Waals surface area contributed by atoms with Gasteiger partial charge in [0, 0.05) is 5.56 Å². The van der Waals surface area contributed by atoms with Gasteiger partial charge in [-0.1, -0.05) is 18.2 Å². The lowest BCUT2D eigenvalue weighted by molar-refractivity contribution is 0.0934. The first-order chi connectivity index (χ1) is 10.1. The zero-order chi connectivity index (χ0) is 15.2. The number of nitrogens with one attached hydrogen (secondary N) is 2. The second kappa shape index (κ2) is 7.09. The Balaban J connectivity index is 2.09. The van der Waals surface area contributed by atoms with E-state index in [0.717, 1.165) is 35.6 Å². The van der Waals surface area contributed by atoms with Crippen LogP contribution in [0, 0.1) is 6.92 Å². The summed E-state index contributed by atoms with van der Waals surface area (Å²) in [4.78, 5) is 12.4. The second-order valence-corrected chi connectivity index (χ2v) is 5.15. The first-order valence-electron chi connectivity index (χ1n) is 7.21. The lowest BCUT2D eigenvalue weighted by atomic mass is 10.0. The van der Waals surface area contributed by atoms with Crippen LogP contribution in [0.3, 0.4) is 0 Å². The molecule has 112 valence electrons. The van der Waals surface area contributed by atoms with Gasteiger partial charge in [-0.15, -0.1) is 0 Å². The maximum atomic E-state index is 12.4. The summed E-state index contributed by atoms with van der Waals surface area (Å²) in [6.45, 7) is 4.66. The molecular formula is C17H22N2O2. The van der Waals surface area contributed by atoms with E-state index in [1.54, 1.807) is 0 Å². The van der Waals surface area contributed by atoms with Crippen molar-refractivity contribution in [1.29, 1.82) is 0 Å². The molecule has 1 unspecified atom stereocenters. The Kier molecular flexibility index (Phi) is 5.17. The Morgan fingerprint density at radius 2 is 2.00 bits per heavy atom. The topological polar surface area (TPSA) is 54.3 Å². The van der Waals surface area contributed by atoms with Crippen LogP contribution in [-0.2, 0) is 6.42 Å². The monoisotopic (exact) mass is 286 g/mol. The van der Waals surface area contributed by atoms with E-state index in [2.05, 4.69) is 10.6 Å². The molecular weight excluding hydrogens is 264 g/mol. The van der Waals surface area contributed by atoms with Gasteiger partial charge in [0.2, 0.25) is 0 Å². The summed E-state index contributed by atoms with van der Waals surface area (Å²) in [6.07, 6.45) is 0.828. The van der Waals surface area contributed by atoms with E-state index in [1.165, 1.54) is 0 Å². The Labute approximate surface area is 125 Å². The van der Waals surface area contributed by atoms with E-state index in [1.807, 2.05) is 57.3 Å². The number of aryl methyl sites for hydroxylation is 1. The van der Waals surface area contributed by atoms with Gasteiger partial charge < -0.3 is 15.1 Å². The van der Waals surface area contributed by atoms with Crippen LogP contribution in [-0.4, -0.2) is 19.5 Å². The standard InChI is InChI=1S/C17H22N2O2/c1-12-8-9-16(21-12)13(2)19-17(20)15-7-5-4-6-14(15)10-11-18-3/h4-9,13,18H,10-11H2,1-3H3,(H,19,20). The van der Waals surface area contributed by atoms with Crippen LogP contribution in [0.2, 0.25) is 0 Å². The van der Waals surface area contributed by atoms with Gasteiger partial charge in [-0.3, -0.25) is 4.79 Å². The molecule has 0 radical (unpaired) electrons. The fourth-order valence-corrected chi connectivity index (χ4v) is 2.25. The lowest BCUT2D eigenvalue weighted by Gasteiger charge is -2.14. The van der Waals surface area contributed by atoms with E-state index in [-0.39, 0.29) is 11.9 Å². The van der Waals surface area contributed by atoms with Crippen LogP contribution in [0.15, 0.2) is 40.8 Å². The Morgan fingerprint density at radius 3 is 2.67 bits per heavy atom. The lowest BCUT2D eigenvalue weighted by Crippen LogP contribution is -2.27. The van der Waals surface area contributed by atoms with Crippen LogP contribution in [0.25, 0.3) is 0 Å². The molecule has 0 aliphatic heterocycles. The molecule has 0 bridgehead atoms. The number of benzene rings is 1. The van der Waals surface area contributed by atoms with Gasteiger partial charge in [0.25, 0.3) is 5.91 Å². The Hall–Kier alpha value is -2.07. The molecule has 21 heavy (non-hydrogen) atoms. The summed E-state index contributed by atoms with van der Waals surface area (Å²) in [5.74, 6) is 1.55. The molecule has 1 aromatic carbocycles. The third-order valence-corrected chi connectivity index (χ3v) is 3.44. The SMILES string of the molecule is CNCCc1ccccc1C(=O)NC(C)c1ccc(C)o1. The van der Waals surface area contributed by atoms with E-state index >= 15 is 0 Å². The van der Waals surface area contributed by atoms with Crippen molar-refractivity contribution in [3.63, 3.8) is 0 Å². The van der Waals surface area contributed by atoms with Crippen LogP contribution in [0.5, 0.6) is 0 Å². The van der Waals surface area contributed by atoms with Gasteiger partial charge in [0.05, 0.1) is 6.04 Å². The van der Waals surface area contributed by atoms with Gasteiger partial charge in [0.15, 0.2) is 0 Å². The summed E-state index contributed by atoms with van der Waals surface area (Å²) in [5, 5.41) is 6.09. The van der Waals surface area contributed by atoms with Crippen molar-refractivity contribution in [2.45, 2.75) is 26.3 Å². The molecule has 2 rings (SSSR count). The molecule has 1 heterocycles. The van der Waals surface area contributed by atoms with Crippen molar-refractivity contribution in [1.82, 2.24) is 10.6 Å². The average molecular weight is 286 g/mol. The van der Waals surface area contributed by atoms with Gasteiger partial charge in [-0.05, 0) is 57.6 Å². The van der Waals surface area contributed by atoms with E-state index in [4.69, 9.17) is 4.42 Å². The minimum atomic E-state index is -0.149. The number of rotatable bonds is 6. The summed E-state index contributed by atoms with van der Waals surface area (Å²) in [7, 11) is 1.91. The van der Waals surface area contributed by atoms with Crippen molar-refractivity contribution in [2.24, 2.45) is 0 Å². The first kappa shape index (κ1) is 15.3. The van der Waals surface area contributed by atoms with Crippen molar-refractivity contribution < 1.29 is 9.21 Å². The average Bonchev–Trinajstić information content (AvgIpc) is 2.92. The molecule has 4 nitrogen and oxygen atoms in total. The minimum Gasteiger partial charge on any atom is -0.464 e. The van der Waals surface area contributed by atoms with Crippen LogP contribution >= 0.6 is 0 Å². The maximum absolute atomic E-state index is 12.4. The third kappa shape index (κ3) is 3.95. The fourth-order valence-electron chi connectivity index (χ4n) is 2.25. The van der Waals surface area contributed by atoms with E-state index in [0.29, 0.717) is 0 Å². The van der Waals surface area contributed by atoms with Gasteiger partial charge in [-0.2, -0.15) is 0 Å². The maximum Gasteiger partial charge on any atom is 0.252 e. The van der Waals surface area contributed by atoms with Crippen molar-refractivity contribution in [3.05, 3.63) is 59.0 Å². The number of furan rings is 1. The van der Waals surface area contributed by atoms with Crippen molar-refractivity contribution in [3.8, 4) is 0 Å². The molecule has 0 aliphatic rings. The molecule has 2 N–H and O–H groups in total. The van der Waals surface area contributed by atoms with Crippen LogP contribution in [0.1, 0.15) is 40.4 Å². The molecule has 0 saturated heterocycles. The van der Waals surface area contributed by atoms with Gasteiger partial charge >= 0.3 is 0 Å². The zero-order valence-electron chi connectivity index (χ0n) is 12.8. The molecule has 2 aromatic rings. The highest BCUT2D eigenvalue weighted by atomic mass is 16.3. The highest BCUT2D eigenvalue weighted by Crippen LogP contribution is 2.17. The Morgan fingerprint density at radius 1 is 1.24 bits per heavy atom. The molecule has 0 saturated carbocycles. The number of carbonyl (C=O) groups excluding carboxylic acids is 1. The summed E-state index contributed by atoms with van der Waals surface area (Å²) >= 11 is 0. The minimum absolute atomic E-state index is 0.0664. The molecule has 4 heteroatoms. The van der Waals surface area contributed by atoms with Gasteiger partial charge in [0.1, 0.15) is 11.5 Å². The largest absolute Gasteiger partial charge is 0.464 e. The molecule has 1 atom stereocenters. The summed E-state index contributed by atoms with van der Waals surface area (Å²) in [6, 6.07) is 11.4. The fraction of sp³-hybridized carbons (Fsp3) is 0.353. The Bertz CT molecular complexity index is 604. The highest BCUT2D eigenvalue weighted by molar-refractivity contribution is 5.95. The number of hydrogen-bond donors (Lipinski definition) is 2. The predicted molar refractivity (Wildman–Crippen MR) is 83.4 cm³/mol. The van der Waals surface area contributed by atoms with Crippen LogP contribution in [0.4, 0.5) is 0 Å². The second-order valence-electron chi connectivity index (χ2n) is 5.15. The zero-order valence-corrected chi connectivity index (χ0v) is 12.8. The number of hydrogen-bond acceptors (Lipinski definition) is 3. The molecule has 0 fully saturated rings. The van der Waals surface area contributed by atoms with Crippen LogP contribution < -0.4 is 10.6 Å². The predicted octanol–water partition coefficient (Wildman–Crippen LogP) is 2.84. The quantitative estimate of drug-likeness (QED) is 0.858. The number of amides is 1. The third-order valence-electron chi connectivity index (χ3n) is 3.44. The van der Waals surface area contributed by atoms with E-state index in [9.17, 15) is 4.79 Å². The number of carbonyl (C=O) groups is 1. The van der Waals surface area contributed by atoms with E-state index < -0.39 is 0 Å². The first-order valence-corrected chi connectivity index (χ1v) is 7.21. The number of likely N-dealkylation sites (N-methyl/N-ethyl adjacent to an activating group) is 1. The molecule has 1 amide bonds. The van der Waals surface area contributed by atoms with Gasteiger partial charge in [-0.25, -0.2) is 0 Å². The molecule has 0 aliphatic carbocycles. The normalized spacial score (nSPS) is 12.1. The highest BCUT2D eigenvalue weighted by Gasteiger charge is 2.16.